The van der Waals surface area contributed by atoms with Gasteiger partial charge in [-0.25, -0.2) is 9.59 Å². The molecule has 3 rings (SSSR count). The third-order valence-corrected chi connectivity index (χ3v) is 4.13. The van der Waals surface area contributed by atoms with Crippen LogP contribution < -0.4 is 20.1 Å². The number of nitrogens with one attached hydrogen (secondary N) is 2. The summed E-state index contributed by atoms with van der Waals surface area (Å²) >= 11 is 0. The van der Waals surface area contributed by atoms with E-state index in [9.17, 15) is 14.4 Å². The van der Waals surface area contributed by atoms with Crippen LogP contribution in [0.5, 0.6) is 11.5 Å². The van der Waals surface area contributed by atoms with Crippen LogP contribution in [-0.4, -0.2) is 37.7 Å². The summed E-state index contributed by atoms with van der Waals surface area (Å²) in [6.45, 7) is 3.03. The molecule has 0 bridgehead atoms. The molecule has 1 heterocycles. The first-order chi connectivity index (χ1) is 14.6. The Balaban J connectivity index is 1.70. The van der Waals surface area contributed by atoms with E-state index >= 15 is 0 Å². The molecule has 0 saturated carbocycles. The summed E-state index contributed by atoms with van der Waals surface area (Å²) in [6.07, 6.45) is 1.48. The number of ether oxygens (including phenoxy) is 3. The van der Waals surface area contributed by atoms with Crippen molar-refractivity contribution in [3.05, 3.63) is 65.7 Å². The van der Waals surface area contributed by atoms with E-state index in [1.807, 2.05) is 0 Å². The number of carbonyl (C=O) groups excluding carboxylic acids is 3. The molecule has 0 aromatic heterocycles. The summed E-state index contributed by atoms with van der Waals surface area (Å²) < 4.78 is 16.3. The zero-order chi connectivity index (χ0) is 21.3. The highest BCUT2D eigenvalue weighted by molar-refractivity contribution is 5.98. The zero-order valence-electron chi connectivity index (χ0n) is 16.4. The fraction of sp³-hybridized carbons (Fsp3) is 0.227. The lowest BCUT2D eigenvalue weighted by Crippen LogP contribution is -2.42. The SMILES string of the molecule is CCNC(=O)NC(=O)[C@H](OC(=O)/C=C/c1ccc2c(c1)OCCO2)c1ccccc1. The van der Waals surface area contributed by atoms with Crippen molar-refractivity contribution in [2.24, 2.45) is 0 Å². The lowest BCUT2D eigenvalue weighted by atomic mass is 10.1. The van der Waals surface area contributed by atoms with Gasteiger partial charge in [-0.2, -0.15) is 0 Å². The summed E-state index contributed by atoms with van der Waals surface area (Å²) in [5.74, 6) is -0.231. The first-order valence-corrected chi connectivity index (χ1v) is 9.49. The van der Waals surface area contributed by atoms with E-state index < -0.39 is 24.0 Å². The maximum absolute atomic E-state index is 12.5. The largest absolute Gasteiger partial charge is 0.486 e. The predicted molar refractivity (Wildman–Crippen MR) is 109 cm³/mol. The minimum atomic E-state index is -1.27. The van der Waals surface area contributed by atoms with Gasteiger partial charge >= 0.3 is 12.0 Å². The van der Waals surface area contributed by atoms with Gasteiger partial charge in [0.25, 0.3) is 5.91 Å². The predicted octanol–water partition coefficient (Wildman–Crippen LogP) is 2.60. The number of hydrogen-bond donors (Lipinski definition) is 2. The lowest BCUT2D eigenvalue weighted by Gasteiger charge is -2.18. The van der Waals surface area contributed by atoms with Crippen molar-refractivity contribution in [3.8, 4) is 11.5 Å². The van der Waals surface area contributed by atoms with Gasteiger partial charge in [0.2, 0.25) is 6.10 Å². The minimum Gasteiger partial charge on any atom is -0.486 e. The average molecular weight is 410 g/mol. The van der Waals surface area contributed by atoms with Crippen molar-refractivity contribution in [1.82, 2.24) is 10.6 Å². The molecule has 156 valence electrons. The van der Waals surface area contributed by atoms with Gasteiger partial charge < -0.3 is 19.5 Å². The Morgan fingerprint density at radius 1 is 1.07 bits per heavy atom. The first kappa shape index (κ1) is 20.9. The van der Waals surface area contributed by atoms with Crippen molar-refractivity contribution < 1.29 is 28.6 Å². The van der Waals surface area contributed by atoms with Crippen LogP contribution in [0.25, 0.3) is 6.08 Å². The second kappa shape index (κ2) is 10.1. The van der Waals surface area contributed by atoms with Gasteiger partial charge in [0.1, 0.15) is 13.2 Å². The monoisotopic (exact) mass is 410 g/mol. The number of esters is 1. The first-order valence-electron chi connectivity index (χ1n) is 9.49. The standard InChI is InChI=1S/C22H22N2O6/c1-2-23-22(27)24-21(26)20(16-6-4-3-5-7-16)30-19(25)11-9-15-8-10-17-18(14-15)29-13-12-28-17/h3-11,14,20H,2,12-13H2,1H3,(H2,23,24,26,27)/b11-9+/t20-/m1/s1. The number of carbonyl (C=O) groups is 3. The molecule has 2 aromatic carbocycles. The molecule has 3 amide bonds. The fourth-order valence-corrected chi connectivity index (χ4v) is 2.77. The molecule has 0 unspecified atom stereocenters. The summed E-state index contributed by atoms with van der Waals surface area (Å²) in [5, 5.41) is 4.63. The molecule has 8 nitrogen and oxygen atoms in total. The van der Waals surface area contributed by atoms with Crippen molar-refractivity contribution >= 4 is 24.0 Å². The third kappa shape index (κ3) is 5.60. The molecule has 1 atom stereocenters. The molecule has 1 aliphatic heterocycles. The molecule has 2 aromatic rings. The summed E-state index contributed by atoms with van der Waals surface area (Å²) in [5.41, 5.74) is 1.15. The molecular weight excluding hydrogens is 388 g/mol. The highest BCUT2D eigenvalue weighted by Crippen LogP contribution is 2.31. The molecule has 0 fully saturated rings. The van der Waals surface area contributed by atoms with Gasteiger partial charge in [-0.05, 0) is 30.7 Å². The lowest BCUT2D eigenvalue weighted by molar-refractivity contribution is -0.151. The van der Waals surface area contributed by atoms with Crippen LogP contribution in [0, 0.1) is 0 Å². The topological polar surface area (TPSA) is 103 Å². The Kier molecular flexibility index (Phi) is 7.05. The van der Waals surface area contributed by atoms with E-state index in [0.29, 0.717) is 42.4 Å². The Bertz CT molecular complexity index is 942. The van der Waals surface area contributed by atoms with Gasteiger partial charge in [-0.1, -0.05) is 36.4 Å². The van der Waals surface area contributed by atoms with Crippen molar-refractivity contribution in [3.63, 3.8) is 0 Å². The van der Waals surface area contributed by atoms with Crippen LogP contribution in [0.2, 0.25) is 0 Å². The Morgan fingerprint density at radius 3 is 2.53 bits per heavy atom. The zero-order valence-corrected chi connectivity index (χ0v) is 16.4. The Labute approximate surface area is 173 Å². The highest BCUT2D eigenvalue weighted by atomic mass is 16.6. The number of amides is 3. The third-order valence-electron chi connectivity index (χ3n) is 4.13. The smallest absolute Gasteiger partial charge is 0.331 e. The van der Waals surface area contributed by atoms with Crippen LogP contribution in [-0.2, 0) is 14.3 Å². The van der Waals surface area contributed by atoms with Crippen LogP contribution >= 0.6 is 0 Å². The molecule has 0 saturated heterocycles. The highest BCUT2D eigenvalue weighted by Gasteiger charge is 2.25. The van der Waals surface area contributed by atoms with E-state index in [-0.39, 0.29) is 0 Å². The molecule has 0 radical (unpaired) electrons. The average Bonchev–Trinajstić information content (AvgIpc) is 2.76. The van der Waals surface area contributed by atoms with Crippen molar-refractivity contribution in [2.45, 2.75) is 13.0 Å². The maximum atomic E-state index is 12.5. The van der Waals surface area contributed by atoms with E-state index in [2.05, 4.69) is 10.6 Å². The number of fused-ring (bicyclic) bond motifs is 1. The molecule has 2 N–H and O–H groups in total. The van der Waals surface area contributed by atoms with Gasteiger partial charge in [-0.3, -0.25) is 10.1 Å². The maximum Gasteiger partial charge on any atom is 0.331 e. The van der Waals surface area contributed by atoms with E-state index in [4.69, 9.17) is 14.2 Å². The summed E-state index contributed by atoms with van der Waals surface area (Å²) in [4.78, 5) is 36.5. The number of rotatable bonds is 6. The number of urea groups is 1. The van der Waals surface area contributed by atoms with Crippen LogP contribution in [0.1, 0.15) is 24.2 Å². The van der Waals surface area contributed by atoms with Gasteiger partial charge in [0.05, 0.1) is 0 Å². The molecule has 0 spiro atoms. The van der Waals surface area contributed by atoms with Gasteiger partial charge in [-0.15, -0.1) is 0 Å². The number of imide groups is 1. The van der Waals surface area contributed by atoms with Crippen LogP contribution in [0.4, 0.5) is 4.79 Å². The molecule has 0 aliphatic carbocycles. The Morgan fingerprint density at radius 2 is 1.80 bits per heavy atom. The van der Waals surface area contributed by atoms with E-state index in [1.165, 1.54) is 6.08 Å². The fourth-order valence-electron chi connectivity index (χ4n) is 2.77. The number of benzene rings is 2. The van der Waals surface area contributed by atoms with E-state index in [0.717, 1.165) is 0 Å². The minimum absolute atomic E-state index is 0.354. The van der Waals surface area contributed by atoms with Crippen molar-refractivity contribution in [2.75, 3.05) is 19.8 Å². The number of hydrogen-bond acceptors (Lipinski definition) is 6. The Hall–Kier alpha value is -3.81. The summed E-state index contributed by atoms with van der Waals surface area (Å²) in [7, 11) is 0. The van der Waals surface area contributed by atoms with Crippen LogP contribution in [0.3, 0.4) is 0 Å². The molecular formula is C22H22N2O6. The van der Waals surface area contributed by atoms with Gasteiger partial charge in [0.15, 0.2) is 11.5 Å². The molecule has 30 heavy (non-hydrogen) atoms. The van der Waals surface area contributed by atoms with Crippen molar-refractivity contribution in [1.29, 1.82) is 0 Å². The van der Waals surface area contributed by atoms with Crippen LogP contribution in [0.15, 0.2) is 54.6 Å². The quantitative estimate of drug-likeness (QED) is 0.561. The second-order valence-electron chi connectivity index (χ2n) is 6.31. The second-order valence-corrected chi connectivity index (χ2v) is 6.31. The normalized spacial score (nSPS) is 13.4. The van der Waals surface area contributed by atoms with E-state index in [1.54, 1.807) is 61.5 Å². The molecule has 8 heteroatoms. The summed E-state index contributed by atoms with van der Waals surface area (Å²) in [6, 6.07) is 13.1. The molecule has 1 aliphatic rings. The van der Waals surface area contributed by atoms with Gasteiger partial charge in [0, 0.05) is 18.2 Å².